The van der Waals surface area contributed by atoms with Crippen LogP contribution in [0, 0.1) is 11.8 Å². The topological polar surface area (TPSA) is 32.3 Å². The maximum atomic E-state index is 12.3. The smallest absolute Gasteiger partial charge is 0.222 e. The van der Waals surface area contributed by atoms with Gasteiger partial charge in [-0.05, 0) is 56.9 Å². The summed E-state index contributed by atoms with van der Waals surface area (Å²) in [6.07, 6.45) is 9.88. The summed E-state index contributed by atoms with van der Waals surface area (Å²) in [4.78, 5) is 14.4. The molecule has 3 fully saturated rings. The molecule has 0 spiro atoms. The number of nitrogens with zero attached hydrogens (tertiary/aromatic N) is 1. The number of hydrogen-bond donors (Lipinski definition) is 1. The molecule has 0 aromatic carbocycles. The summed E-state index contributed by atoms with van der Waals surface area (Å²) >= 11 is 0. The van der Waals surface area contributed by atoms with E-state index in [-0.39, 0.29) is 0 Å². The van der Waals surface area contributed by atoms with Gasteiger partial charge in [0.15, 0.2) is 0 Å². The average molecular weight is 250 g/mol. The summed E-state index contributed by atoms with van der Waals surface area (Å²) in [6.45, 7) is 3.20. The molecule has 1 amide bonds. The molecule has 3 rings (SSSR count). The van der Waals surface area contributed by atoms with Crippen LogP contribution < -0.4 is 5.32 Å². The van der Waals surface area contributed by atoms with Crippen LogP contribution in [0.1, 0.15) is 51.4 Å². The molecule has 0 radical (unpaired) electrons. The van der Waals surface area contributed by atoms with Crippen LogP contribution >= 0.6 is 0 Å². The van der Waals surface area contributed by atoms with Gasteiger partial charge in [-0.25, -0.2) is 0 Å². The molecule has 2 saturated heterocycles. The molecule has 18 heavy (non-hydrogen) atoms. The summed E-state index contributed by atoms with van der Waals surface area (Å²) in [5.74, 6) is 1.86. The number of rotatable bonds is 3. The molecule has 3 heteroatoms. The molecule has 3 nitrogen and oxygen atoms in total. The standard InChI is InChI=1S/C15H26N2O/c18-15(10-12-4-1-5-12)17-9-3-6-13(11-17)14-7-2-8-16-14/h12-14,16H,1-11H2. The number of amides is 1. The lowest BCUT2D eigenvalue weighted by Crippen LogP contribution is -2.46. The van der Waals surface area contributed by atoms with Crippen molar-refractivity contribution in [2.45, 2.75) is 57.4 Å². The zero-order chi connectivity index (χ0) is 12.4. The highest BCUT2D eigenvalue weighted by Crippen LogP contribution is 2.31. The fourth-order valence-electron chi connectivity index (χ4n) is 3.75. The van der Waals surface area contributed by atoms with Gasteiger partial charge in [0.05, 0.1) is 0 Å². The summed E-state index contributed by atoms with van der Waals surface area (Å²) < 4.78 is 0. The molecule has 0 aromatic heterocycles. The molecule has 0 bridgehead atoms. The number of carbonyl (C=O) groups is 1. The third-order valence-corrected chi connectivity index (χ3v) is 5.17. The minimum absolute atomic E-state index is 0.433. The molecule has 2 heterocycles. The quantitative estimate of drug-likeness (QED) is 0.832. The van der Waals surface area contributed by atoms with Crippen LogP contribution in [0.25, 0.3) is 0 Å². The van der Waals surface area contributed by atoms with Crippen molar-refractivity contribution >= 4 is 5.91 Å². The molecule has 102 valence electrons. The van der Waals surface area contributed by atoms with E-state index in [1.165, 1.54) is 51.5 Å². The van der Waals surface area contributed by atoms with E-state index < -0.39 is 0 Å². The Balaban J connectivity index is 1.50. The highest BCUT2D eigenvalue weighted by atomic mass is 16.2. The summed E-state index contributed by atoms with van der Waals surface area (Å²) in [6, 6.07) is 0.685. The number of likely N-dealkylation sites (tertiary alicyclic amines) is 1. The third-order valence-electron chi connectivity index (χ3n) is 5.17. The minimum atomic E-state index is 0.433. The lowest BCUT2D eigenvalue weighted by Gasteiger charge is -2.37. The van der Waals surface area contributed by atoms with E-state index in [9.17, 15) is 4.79 Å². The molecule has 0 aromatic rings. The van der Waals surface area contributed by atoms with Gasteiger partial charge >= 0.3 is 0 Å². The van der Waals surface area contributed by atoms with Crippen molar-refractivity contribution in [2.75, 3.05) is 19.6 Å². The van der Waals surface area contributed by atoms with E-state index in [2.05, 4.69) is 10.2 Å². The monoisotopic (exact) mass is 250 g/mol. The van der Waals surface area contributed by atoms with Crippen molar-refractivity contribution in [3.8, 4) is 0 Å². The molecule has 2 unspecified atom stereocenters. The van der Waals surface area contributed by atoms with Gasteiger partial charge < -0.3 is 10.2 Å². The van der Waals surface area contributed by atoms with Crippen LogP contribution in [0.5, 0.6) is 0 Å². The maximum Gasteiger partial charge on any atom is 0.222 e. The van der Waals surface area contributed by atoms with Gasteiger partial charge in [-0.1, -0.05) is 6.42 Å². The molecule has 3 aliphatic rings. The first kappa shape index (κ1) is 12.5. The van der Waals surface area contributed by atoms with E-state index >= 15 is 0 Å². The molecule has 1 aliphatic carbocycles. The van der Waals surface area contributed by atoms with E-state index in [0.717, 1.165) is 19.5 Å². The summed E-state index contributed by atoms with van der Waals surface area (Å²) in [5, 5.41) is 3.61. The Hall–Kier alpha value is -0.570. The van der Waals surface area contributed by atoms with E-state index in [0.29, 0.717) is 23.8 Å². The summed E-state index contributed by atoms with van der Waals surface area (Å²) in [7, 11) is 0. The van der Waals surface area contributed by atoms with Gasteiger partial charge in [0.1, 0.15) is 0 Å². The predicted octanol–water partition coefficient (Wildman–Crippen LogP) is 2.17. The maximum absolute atomic E-state index is 12.3. The Bertz CT molecular complexity index is 295. The summed E-state index contributed by atoms with van der Waals surface area (Å²) in [5.41, 5.74) is 0. The number of piperidine rings is 1. The van der Waals surface area contributed by atoms with Gasteiger partial charge in [0, 0.05) is 25.6 Å². The SMILES string of the molecule is O=C(CC1CCC1)N1CCCC(C2CCCN2)C1. The van der Waals surface area contributed by atoms with Crippen LogP contribution in [0.3, 0.4) is 0 Å². The van der Waals surface area contributed by atoms with Crippen LogP contribution in [-0.4, -0.2) is 36.5 Å². The third kappa shape index (κ3) is 2.71. The normalized spacial score (nSPS) is 33.4. The Morgan fingerprint density at radius 1 is 1.11 bits per heavy atom. The van der Waals surface area contributed by atoms with Gasteiger partial charge in [0.25, 0.3) is 0 Å². The van der Waals surface area contributed by atoms with Gasteiger partial charge in [-0.2, -0.15) is 0 Å². The van der Waals surface area contributed by atoms with Crippen LogP contribution in [0.15, 0.2) is 0 Å². The first-order valence-electron chi connectivity index (χ1n) is 7.84. The average Bonchev–Trinajstić information content (AvgIpc) is 2.87. The van der Waals surface area contributed by atoms with E-state index in [1.807, 2.05) is 0 Å². The Morgan fingerprint density at radius 2 is 2.00 bits per heavy atom. The Morgan fingerprint density at radius 3 is 2.67 bits per heavy atom. The lowest BCUT2D eigenvalue weighted by molar-refractivity contribution is -0.134. The van der Waals surface area contributed by atoms with Crippen LogP contribution in [0.2, 0.25) is 0 Å². The van der Waals surface area contributed by atoms with Crippen molar-refractivity contribution in [1.82, 2.24) is 10.2 Å². The second-order valence-corrected chi connectivity index (χ2v) is 6.45. The van der Waals surface area contributed by atoms with Gasteiger partial charge in [0.2, 0.25) is 5.91 Å². The Labute approximate surface area is 110 Å². The first-order valence-corrected chi connectivity index (χ1v) is 7.84. The fourth-order valence-corrected chi connectivity index (χ4v) is 3.75. The Kier molecular flexibility index (Phi) is 3.88. The zero-order valence-electron chi connectivity index (χ0n) is 11.4. The molecule has 2 aliphatic heterocycles. The molecular weight excluding hydrogens is 224 g/mol. The van der Waals surface area contributed by atoms with Crippen molar-refractivity contribution in [3.05, 3.63) is 0 Å². The fraction of sp³-hybridized carbons (Fsp3) is 0.933. The van der Waals surface area contributed by atoms with E-state index in [4.69, 9.17) is 0 Å². The number of hydrogen-bond acceptors (Lipinski definition) is 2. The molecular formula is C15H26N2O. The van der Waals surface area contributed by atoms with Crippen molar-refractivity contribution < 1.29 is 4.79 Å². The van der Waals surface area contributed by atoms with Crippen molar-refractivity contribution in [1.29, 1.82) is 0 Å². The number of nitrogens with one attached hydrogen (secondary N) is 1. The van der Waals surface area contributed by atoms with Gasteiger partial charge in [-0.15, -0.1) is 0 Å². The molecule has 1 saturated carbocycles. The van der Waals surface area contributed by atoms with Crippen molar-refractivity contribution in [3.63, 3.8) is 0 Å². The highest BCUT2D eigenvalue weighted by molar-refractivity contribution is 5.76. The van der Waals surface area contributed by atoms with Crippen LogP contribution in [0.4, 0.5) is 0 Å². The lowest BCUT2D eigenvalue weighted by atomic mass is 9.82. The predicted molar refractivity (Wildman–Crippen MR) is 72.3 cm³/mol. The zero-order valence-corrected chi connectivity index (χ0v) is 11.4. The molecule has 2 atom stereocenters. The second-order valence-electron chi connectivity index (χ2n) is 6.45. The highest BCUT2D eigenvalue weighted by Gasteiger charge is 2.32. The number of carbonyl (C=O) groups excluding carboxylic acids is 1. The second kappa shape index (κ2) is 5.60. The minimum Gasteiger partial charge on any atom is -0.342 e. The first-order chi connectivity index (χ1) is 8.83. The van der Waals surface area contributed by atoms with Crippen LogP contribution in [-0.2, 0) is 4.79 Å². The largest absolute Gasteiger partial charge is 0.342 e. The molecule has 1 N–H and O–H groups in total. The van der Waals surface area contributed by atoms with Crippen molar-refractivity contribution in [2.24, 2.45) is 11.8 Å². The van der Waals surface area contributed by atoms with Gasteiger partial charge in [-0.3, -0.25) is 4.79 Å². The van der Waals surface area contributed by atoms with E-state index in [1.54, 1.807) is 0 Å².